The van der Waals surface area contributed by atoms with Gasteiger partial charge in [-0.05, 0) is 47.8 Å². The van der Waals surface area contributed by atoms with E-state index in [-0.39, 0.29) is 11.5 Å². The van der Waals surface area contributed by atoms with Crippen molar-refractivity contribution >= 4 is 47.8 Å². The molecular weight excluding hydrogens is 384 g/mol. The number of methoxy groups -OCH3 is 1. The maximum Gasteiger partial charge on any atom is 0.174 e. The number of rotatable bonds is 2. The van der Waals surface area contributed by atoms with Crippen LogP contribution in [0.5, 0.6) is 11.5 Å². The van der Waals surface area contributed by atoms with Crippen molar-refractivity contribution in [3.8, 4) is 11.5 Å². The maximum absolute atomic E-state index is 9.52. The summed E-state index contributed by atoms with van der Waals surface area (Å²) in [6.07, 6.45) is 0. The van der Waals surface area contributed by atoms with E-state index < -0.39 is 0 Å². The minimum Gasteiger partial charge on any atom is -0.503 e. The summed E-state index contributed by atoms with van der Waals surface area (Å²) >= 11 is 9.62. The van der Waals surface area contributed by atoms with Crippen LogP contribution in [0.4, 0.5) is 0 Å². The molecule has 0 aromatic heterocycles. The largest absolute Gasteiger partial charge is 0.503 e. The van der Waals surface area contributed by atoms with Gasteiger partial charge >= 0.3 is 0 Å². The Labute approximate surface area is 106 Å². The second-order valence-electron chi connectivity index (χ2n) is 2.55. The van der Waals surface area contributed by atoms with Crippen LogP contribution in [-0.4, -0.2) is 17.3 Å². The van der Waals surface area contributed by atoms with Gasteiger partial charge < -0.3 is 14.9 Å². The SMILES string of the molecule is COCc1c(Br)c(O)c(O)c(Br)c1Br. The van der Waals surface area contributed by atoms with Crippen LogP contribution in [0, 0.1) is 0 Å². The zero-order valence-corrected chi connectivity index (χ0v) is 11.9. The fraction of sp³-hybridized carbons (Fsp3) is 0.250. The van der Waals surface area contributed by atoms with Crippen molar-refractivity contribution in [2.45, 2.75) is 6.61 Å². The Bertz CT molecular complexity index is 336. The molecule has 1 aromatic carbocycles. The molecule has 6 heteroatoms. The van der Waals surface area contributed by atoms with Crippen LogP contribution < -0.4 is 0 Å². The summed E-state index contributed by atoms with van der Waals surface area (Å²) in [6, 6.07) is 0. The Morgan fingerprint density at radius 2 is 1.50 bits per heavy atom. The van der Waals surface area contributed by atoms with Crippen LogP contribution in [0.15, 0.2) is 13.4 Å². The van der Waals surface area contributed by atoms with E-state index >= 15 is 0 Å². The summed E-state index contributed by atoms with van der Waals surface area (Å²) in [6.45, 7) is 0.327. The molecular formula is C8H7Br3O3. The topological polar surface area (TPSA) is 49.7 Å². The molecule has 78 valence electrons. The third-order valence-corrected chi connectivity index (χ3v) is 4.68. The van der Waals surface area contributed by atoms with Gasteiger partial charge in [0.05, 0.1) is 15.6 Å². The highest BCUT2D eigenvalue weighted by molar-refractivity contribution is 9.13. The molecule has 0 spiro atoms. The third kappa shape index (κ3) is 2.08. The van der Waals surface area contributed by atoms with Gasteiger partial charge in [0.1, 0.15) is 0 Å². The molecule has 0 heterocycles. The molecule has 2 N–H and O–H groups in total. The normalized spacial score (nSPS) is 10.6. The highest BCUT2D eigenvalue weighted by Gasteiger charge is 2.18. The van der Waals surface area contributed by atoms with Crippen LogP contribution in [0.2, 0.25) is 0 Å². The number of hydrogen-bond acceptors (Lipinski definition) is 3. The minimum absolute atomic E-state index is 0.202. The molecule has 1 aromatic rings. The number of aromatic hydroxyl groups is 2. The van der Waals surface area contributed by atoms with E-state index in [0.717, 1.165) is 5.56 Å². The number of benzene rings is 1. The van der Waals surface area contributed by atoms with Gasteiger partial charge in [0.2, 0.25) is 0 Å². The van der Waals surface area contributed by atoms with Gasteiger partial charge in [-0.15, -0.1) is 0 Å². The lowest BCUT2D eigenvalue weighted by atomic mass is 10.2. The molecule has 0 fully saturated rings. The second-order valence-corrected chi connectivity index (χ2v) is 4.93. The van der Waals surface area contributed by atoms with Crippen LogP contribution in [0.3, 0.4) is 0 Å². The highest BCUT2D eigenvalue weighted by Crippen LogP contribution is 2.47. The van der Waals surface area contributed by atoms with Crippen molar-refractivity contribution in [3.63, 3.8) is 0 Å². The quantitative estimate of drug-likeness (QED) is 0.600. The summed E-state index contributed by atoms with van der Waals surface area (Å²) in [5.74, 6) is -0.407. The first-order chi connectivity index (χ1) is 6.50. The zero-order chi connectivity index (χ0) is 10.9. The lowest BCUT2D eigenvalue weighted by molar-refractivity contribution is 0.183. The predicted molar refractivity (Wildman–Crippen MR) is 63.6 cm³/mol. The van der Waals surface area contributed by atoms with E-state index in [0.29, 0.717) is 20.0 Å². The minimum atomic E-state index is -0.205. The number of hydrogen-bond donors (Lipinski definition) is 2. The van der Waals surface area contributed by atoms with E-state index in [1.165, 1.54) is 0 Å². The summed E-state index contributed by atoms with van der Waals surface area (Å²) in [5, 5.41) is 19.0. The Balaban J connectivity index is 3.43. The van der Waals surface area contributed by atoms with Gasteiger partial charge in [-0.25, -0.2) is 0 Å². The average Bonchev–Trinajstić information content (AvgIpc) is 2.19. The lowest BCUT2D eigenvalue weighted by Crippen LogP contribution is -1.93. The molecule has 0 saturated carbocycles. The van der Waals surface area contributed by atoms with Crippen molar-refractivity contribution in [2.75, 3.05) is 7.11 Å². The fourth-order valence-corrected chi connectivity index (χ4v) is 2.65. The first kappa shape index (κ1) is 12.3. The van der Waals surface area contributed by atoms with Gasteiger partial charge in [0.25, 0.3) is 0 Å². The molecule has 0 bridgehead atoms. The number of phenolic OH excluding ortho intramolecular Hbond substituents is 2. The molecule has 14 heavy (non-hydrogen) atoms. The number of halogens is 3. The van der Waals surface area contributed by atoms with Crippen molar-refractivity contribution in [3.05, 3.63) is 19.0 Å². The lowest BCUT2D eigenvalue weighted by Gasteiger charge is -2.12. The van der Waals surface area contributed by atoms with Crippen molar-refractivity contribution in [2.24, 2.45) is 0 Å². The third-order valence-electron chi connectivity index (χ3n) is 1.65. The van der Waals surface area contributed by atoms with Gasteiger partial charge in [-0.1, -0.05) is 0 Å². The summed E-state index contributed by atoms with van der Waals surface area (Å²) < 4.78 is 6.45. The zero-order valence-electron chi connectivity index (χ0n) is 7.14. The van der Waals surface area contributed by atoms with Crippen LogP contribution >= 0.6 is 47.8 Å². The summed E-state index contributed by atoms with van der Waals surface area (Å²) in [4.78, 5) is 0. The van der Waals surface area contributed by atoms with Crippen LogP contribution in [0.1, 0.15) is 5.56 Å². The molecule has 3 nitrogen and oxygen atoms in total. The molecule has 0 aliphatic rings. The Morgan fingerprint density at radius 1 is 1.00 bits per heavy atom. The van der Waals surface area contributed by atoms with E-state index in [2.05, 4.69) is 47.8 Å². The Kier molecular flexibility index (Phi) is 4.24. The maximum atomic E-state index is 9.52. The highest BCUT2D eigenvalue weighted by atomic mass is 79.9. The first-order valence-corrected chi connectivity index (χ1v) is 5.94. The van der Waals surface area contributed by atoms with Crippen LogP contribution in [-0.2, 0) is 11.3 Å². The van der Waals surface area contributed by atoms with E-state index in [9.17, 15) is 10.2 Å². The summed E-state index contributed by atoms with van der Waals surface area (Å²) in [7, 11) is 1.55. The van der Waals surface area contributed by atoms with E-state index in [1.807, 2.05) is 0 Å². The van der Waals surface area contributed by atoms with Gasteiger partial charge in [0, 0.05) is 17.1 Å². The van der Waals surface area contributed by atoms with Crippen molar-refractivity contribution in [1.29, 1.82) is 0 Å². The standard InChI is InChI=1S/C8H7Br3O3/c1-14-2-3-4(9)6(11)8(13)7(12)5(3)10/h12-13H,2H2,1H3. The predicted octanol–water partition coefficient (Wildman–Crippen LogP) is 3.53. The second kappa shape index (κ2) is 4.83. The Hall–Kier alpha value is 0.220. The molecule has 0 radical (unpaired) electrons. The van der Waals surface area contributed by atoms with E-state index in [1.54, 1.807) is 7.11 Å². The van der Waals surface area contributed by atoms with Gasteiger partial charge in [-0.3, -0.25) is 0 Å². The molecule has 0 unspecified atom stereocenters. The van der Waals surface area contributed by atoms with Gasteiger partial charge in [0.15, 0.2) is 11.5 Å². The van der Waals surface area contributed by atoms with E-state index in [4.69, 9.17) is 4.74 Å². The number of phenols is 2. The molecule has 0 amide bonds. The molecule has 0 atom stereocenters. The average molecular weight is 391 g/mol. The smallest absolute Gasteiger partial charge is 0.174 e. The molecule has 1 rings (SSSR count). The molecule has 0 aliphatic carbocycles. The fourth-order valence-electron chi connectivity index (χ4n) is 0.955. The van der Waals surface area contributed by atoms with Crippen molar-refractivity contribution in [1.82, 2.24) is 0 Å². The first-order valence-electron chi connectivity index (χ1n) is 3.56. The van der Waals surface area contributed by atoms with Crippen molar-refractivity contribution < 1.29 is 14.9 Å². The molecule has 0 aliphatic heterocycles. The monoisotopic (exact) mass is 388 g/mol. The molecule has 0 saturated heterocycles. The van der Waals surface area contributed by atoms with Gasteiger partial charge in [-0.2, -0.15) is 0 Å². The Morgan fingerprint density at radius 3 is 2.00 bits per heavy atom. The summed E-state index contributed by atoms with van der Waals surface area (Å²) in [5.41, 5.74) is 0.731. The van der Waals surface area contributed by atoms with Crippen LogP contribution in [0.25, 0.3) is 0 Å². The number of ether oxygens (including phenoxy) is 1.